The van der Waals surface area contributed by atoms with Gasteiger partial charge in [0.05, 0.1) is 4.90 Å². The van der Waals surface area contributed by atoms with Crippen molar-refractivity contribution in [3.8, 4) is 11.5 Å². The van der Waals surface area contributed by atoms with Gasteiger partial charge in [-0.25, -0.2) is 8.42 Å². The number of benzene rings is 1. The highest BCUT2D eigenvalue weighted by molar-refractivity contribution is 7.89. The van der Waals surface area contributed by atoms with Crippen LogP contribution in [0.15, 0.2) is 23.1 Å². The predicted molar refractivity (Wildman–Crippen MR) is 71.9 cm³/mol. The fourth-order valence-electron chi connectivity index (χ4n) is 2.20. The second-order valence-electron chi connectivity index (χ2n) is 5.08. The van der Waals surface area contributed by atoms with Crippen molar-refractivity contribution in [2.24, 2.45) is 5.92 Å². The molecule has 1 unspecified atom stereocenters. The molecular weight excluding hydrogens is 298 g/mol. The van der Waals surface area contributed by atoms with Crippen LogP contribution in [0.4, 0.5) is 0 Å². The molecule has 0 radical (unpaired) electrons. The van der Waals surface area contributed by atoms with Crippen molar-refractivity contribution in [1.82, 2.24) is 4.72 Å². The van der Waals surface area contributed by atoms with E-state index in [1.807, 2.05) is 0 Å². The van der Waals surface area contributed by atoms with Crippen molar-refractivity contribution in [2.75, 3.05) is 13.2 Å². The molecule has 1 aliphatic heterocycles. The van der Waals surface area contributed by atoms with E-state index in [2.05, 4.69) is 4.72 Å². The summed E-state index contributed by atoms with van der Waals surface area (Å²) in [7, 11) is -3.91. The highest BCUT2D eigenvalue weighted by Crippen LogP contribution is 2.35. The number of aliphatic carboxylic acids is 1. The first-order chi connectivity index (χ1) is 9.97. The molecule has 114 valence electrons. The SMILES string of the molecule is O=C(O)C(NS(=O)(=O)c1ccc2c(c1)OCCO2)C1CC1. The summed E-state index contributed by atoms with van der Waals surface area (Å²) in [5.74, 6) is -0.451. The van der Waals surface area contributed by atoms with E-state index in [1.54, 1.807) is 0 Å². The van der Waals surface area contributed by atoms with Crippen LogP contribution in [0.2, 0.25) is 0 Å². The Morgan fingerprint density at radius 2 is 1.90 bits per heavy atom. The molecule has 1 aromatic carbocycles. The molecule has 21 heavy (non-hydrogen) atoms. The smallest absolute Gasteiger partial charge is 0.322 e. The maximum atomic E-state index is 12.3. The van der Waals surface area contributed by atoms with Gasteiger partial charge in [0, 0.05) is 6.07 Å². The van der Waals surface area contributed by atoms with Crippen molar-refractivity contribution in [2.45, 2.75) is 23.8 Å². The molecule has 1 saturated carbocycles. The summed E-state index contributed by atoms with van der Waals surface area (Å²) in [6, 6.07) is 3.16. The number of nitrogens with one attached hydrogen (secondary N) is 1. The molecule has 7 nitrogen and oxygen atoms in total. The molecule has 0 spiro atoms. The van der Waals surface area contributed by atoms with Gasteiger partial charge in [-0.05, 0) is 30.9 Å². The number of carboxylic acids is 1. The molecule has 1 heterocycles. The molecule has 1 atom stereocenters. The van der Waals surface area contributed by atoms with E-state index < -0.39 is 22.0 Å². The van der Waals surface area contributed by atoms with Gasteiger partial charge in [-0.15, -0.1) is 0 Å². The minimum Gasteiger partial charge on any atom is -0.486 e. The zero-order valence-corrected chi connectivity index (χ0v) is 11.9. The zero-order chi connectivity index (χ0) is 15.0. The average Bonchev–Trinajstić information content (AvgIpc) is 3.28. The third kappa shape index (κ3) is 2.96. The zero-order valence-electron chi connectivity index (χ0n) is 11.1. The lowest BCUT2D eigenvalue weighted by Crippen LogP contribution is -2.42. The Morgan fingerprint density at radius 3 is 2.52 bits per heavy atom. The molecule has 1 fully saturated rings. The Morgan fingerprint density at radius 1 is 1.24 bits per heavy atom. The summed E-state index contributed by atoms with van der Waals surface area (Å²) in [5.41, 5.74) is 0. The van der Waals surface area contributed by atoms with E-state index >= 15 is 0 Å². The second kappa shape index (κ2) is 5.19. The molecule has 2 N–H and O–H groups in total. The van der Waals surface area contributed by atoms with Gasteiger partial charge < -0.3 is 14.6 Å². The van der Waals surface area contributed by atoms with E-state index in [0.29, 0.717) is 24.7 Å². The van der Waals surface area contributed by atoms with Crippen LogP contribution in [0.25, 0.3) is 0 Å². The van der Waals surface area contributed by atoms with E-state index in [9.17, 15) is 13.2 Å². The monoisotopic (exact) mass is 313 g/mol. The molecule has 1 aliphatic carbocycles. The Hall–Kier alpha value is -1.80. The summed E-state index contributed by atoms with van der Waals surface area (Å²) in [6.07, 6.45) is 1.45. The van der Waals surface area contributed by atoms with Gasteiger partial charge in [-0.1, -0.05) is 0 Å². The van der Waals surface area contributed by atoms with Crippen LogP contribution in [0.3, 0.4) is 0 Å². The summed E-state index contributed by atoms with van der Waals surface area (Å²) in [5, 5.41) is 9.11. The van der Waals surface area contributed by atoms with Gasteiger partial charge in [0.2, 0.25) is 10.0 Å². The number of hydrogen-bond donors (Lipinski definition) is 2. The fraction of sp³-hybridized carbons (Fsp3) is 0.462. The largest absolute Gasteiger partial charge is 0.486 e. The molecule has 0 aromatic heterocycles. The summed E-state index contributed by atoms with van der Waals surface area (Å²) < 4.78 is 37.5. The molecular formula is C13H15NO6S. The maximum absolute atomic E-state index is 12.3. The van der Waals surface area contributed by atoms with Crippen LogP contribution >= 0.6 is 0 Å². The number of carbonyl (C=O) groups is 1. The van der Waals surface area contributed by atoms with Crippen molar-refractivity contribution in [3.05, 3.63) is 18.2 Å². The Bertz CT molecular complexity index is 667. The van der Waals surface area contributed by atoms with Gasteiger partial charge in [0.25, 0.3) is 0 Å². The molecule has 0 amide bonds. The lowest BCUT2D eigenvalue weighted by Gasteiger charge is -2.19. The van der Waals surface area contributed by atoms with Crippen LogP contribution in [0, 0.1) is 5.92 Å². The third-order valence-corrected chi connectivity index (χ3v) is 4.90. The van der Waals surface area contributed by atoms with Crippen molar-refractivity contribution in [3.63, 3.8) is 0 Å². The van der Waals surface area contributed by atoms with Crippen LogP contribution in [0.1, 0.15) is 12.8 Å². The number of sulfonamides is 1. The van der Waals surface area contributed by atoms with Gasteiger partial charge in [0.1, 0.15) is 19.3 Å². The number of rotatable bonds is 5. The number of ether oxygens (including phenoxy) is 2. The lowest BCUT2D eigenvalue weighted by molar-refractivity contribution is -0.139. The Labute approximate surface area is 121 Å². The normalized spacial score (nSPS) is 19.0. The average molecular weight is 313 g/mol. The topological polar surface area (TPSA) is 102 Å². The Kier molecular flexibility index (Phi) is 3.50. The first-order valence-electron chi connectivity index (χ1n) is 6.62. The Balaban J connectivity index is 1.85. The highest BCUT2D eigenvalue weighted by atomic mass is 32.2. The highest BCUT2D eigenvalue weighted by Gasteiger charge is 2.39. The quantitative estimate of drug-likeness (QED) is 0.825. The van der Waals surface area contributed by atoms with Crippen LogP contribution in [-0.4, -0.2) is 38.7 Å². The standard InChI is InChI=1S/C13H15NO6S/c15-13(16)12(8-1-2-8)14-21(17,18)9-3-4-10-11(7-9)20-6-5-19-10/h3-4,7-8,12,14H,1-2,5-6H2,(H,15,16). The maximum Gasteiger partial charge on any atom is 0.322 e. The predicted octanol–water partition coefficient (Wildman–Crippen LogP) is 0.599. The number of carboxylic acid groups (broad SMARTS) is 1. The minimum absolute atomic E-state index is 0.0290. The second-order valence-corrected chi connectivity index (χ2v) is 6.79. The van der Waals surface area contributed by atoms with Crippen LogP contribution in [-0.2, 0) is 14.8 Å². The van der Waals surface area contributed by atoms with E-state index in [4.69, 9.17) is 14.6 Å². The summed E-state index contributed by atoms with van der Waals surface area (Å²) in [4.78, 5) is 11.1. The van der Waals surface area contributed by atoms with Crippen molar-refractivity contribution >= 4 is 16.0 Å². The molecule has 2 aliphatic rings. The van der Waals surface area contributed by atoms with Crippen molar-refractivity contribution in [1.29, 1.82) is 0 Å². The van der Waals surface area contributed by atoms with E-state index in [1.165, 1.54) is 18.2 Å². The number of hydrogen-bond acceptors (Lipinski definition) is 5. The summed E-state index contributed by atoms with van der Waals surface area (Å²) in [6.45, 7) is 0.768. The molecule has 8 heteroatoms. The number of fused-ring (bicyclic) bond motifs is 1. The fourth-order valence-corrected chi connectivity index (χ4v) is 3.48. The van der Waals surface area contributed by atoms with Crippen LogP contribution < -0.4 is 14.2 Å². The molecule has 3 rings (SSSR count). The molecule has 1 aromatic rings. The third-order valence-electron chi connectivity index (χ3n) is 3.47. The van der Waals surface area contributed by atoms with E-state index in [0.717, 1.165) is 12.8 Å². The van der Waals surface area contributed by atoms with E-state index in [-0.39, 0.29) is 10.8 Å². The van der Waals surface area contributed by atoms with Gasteiger partial charge in [-0.3, -0.25) is 4.79 Å². The molecule has 0 saturated heterocycles. The first kappa shape index (κ1) is 14.2. The van der Waals surface area contributed by atoms with Crippen molar-refractivity contribution < 1.29 is 27.8 Å². The van der Waals surface area contributed by atoms with Crippen LogP contribution in [0.5, 0.6) is 11.5 Å². The van der Waals surface area contributed by atoms with Gasteiger partial charge in [0.15, 0.2) is 11.5 Å². The summed E-state index contributed by atoms with van der Waals surface area (Å²) >= 11 is 0. The molecule has 0 bridgehead atoms. The first-order valence-corrected chi connectivity index (χ1v) is 8.10. The van der Waals surface area contributed by atoms with Gasteiger partial charge in [-0.2, -0.15) is 4.72 Å². The lowest BCUT2D eigenvalue weighted by atomic mass is 10.2. The van der Waals surface area contributed by atoms with Gasteiger partial charge >= 0.3 is 5.97 Å². The minimum atomic E-state index is -3.91.